The summed E-state index contributed by atoms with van der Waals surface area (Å²) >= 11 is 6.94. The van der Waals surface area contributed by atoms with Crippen LogP contribution in [0.1, 0.15) is 28.4 Å². The van der Waals surface area contributed by atoms with Crippen LogP contribution in [0.3, 0.4) is 0 Å². The van der Waals surface area contributed by atoms with E-state index in [4.69, 9.17) is 16.3 Å². The summed E-state index contributed by atoms with van der Waals surface area (Å²) in [5.41, 5.74) is 3.59. The van der Waals surface area contributed by atoms with Crippen LogP contribution in [0, 0.1) is 6.92 Å². The normalized spacial score (nSPS) is 11.8. The van der Waals surface area contributed by atoms with Gasteiger partial charge in [0.25, 0.3) is 11.5 Å². The summed E-state index contributed by atoms with van der Waals surface area (Å²) < 4.78 is 7.60. The van der Waals surface area contributed by atoms with Crippen LogP contribution in [0.2, 0.25) is 5.02 Å². The van der Waals surface area contributed by atoms with Crippen molar-refractivity contribution in [3.8, 4) is 28.3 Å². The van der Waals surface area contributed by atoms with Gasteiger partial charge in [-0.15, -0.1) is 0 Å². The maximum absolute atomic E-state index is 13.0. The zero-order valence-corrected chi connectivity index (χ0v) is 24.2. The molecule has 2 aromatic heterocycles. The molecule has 4 rings (SSSR count). The highest BCUT2D eigenvalue weighted by molar-refractivity contribution is 6.36. The van der Waals surface area contributed by atoms with E-state index in [0.29, 0.717) is 40.9 Å². The van der Waals surface area contributed by atoms with Crippen molar-refractivity contribution in [2.75, 3.05) is 19.0 Å². The van der Waals surface area contributed by atoms with Gasteiger partial charge in [-0.25, -0.2) is 9.78 Å². The van der Waals surface area contributed by atoms with E-state index in [0.717, 1.165) is 26.8 Å². The predicted molar refractivity (Wildman–Crippen MR) is 160 cm³/mol. The molecule has 4 aromatic rings. The first-order chi connectivity index (χ1) is 19.5. The number of carbonyl (C=O) groups is 1. The van der Waals surface area contributed by atoms with Crippen molar-refractivity contribution in [3.63, 3.8) is 0 Å². The highest BCUT2D eigenvalue weighted by Crippen LogP contribution is 2.39. The lowest BCUT2D eigenvalue weighted by atomic mass is 9.96. The van der Waals surface area contributed by atoms with Crippen LogP contribution >= 0.6 is 11.6 Å². The van der Waals surface area contributed by atoms with Crippen molar-refractivity contribution in [2.24, 2.45) is 14.1 Å². The lowest BCUT2D eigenvalue weighted by molar-refractivity contribution is 0.102. The zero-order chi connectivity index (χ0) is 29.8. The second kappa shape index (κ2) is 12.5. The number of amides is 1. The van der Waals surface area contributed by atoms with Crippen LogP contribution in [-0.4, -0.2) is 44.9 Å². The van der Waals surface area contributed by atoms with E-state index in [9.17, 15) is 19.5 Å². The summed E-state index contributed by atoms with van der Waals surface area (Å²) in [6, 6.07) is 14.8. The van der Waals surface area contributed by atoms with Crippen molar-refractivity contribution in [1.82, 2.24) is 19.4 Å². The number of nitrogens with zero attached hydrogens (tertiary/aromatic N) is 3. The van der Waals surface area contributed by atoms with E-state index >= 15 is 0 Å². The first-order valence-corrected chi connectivity index (χ1v) is 13.3. The molecule has 0 unspecified atom stereocenters. The second-order valence-corrected chi connectivity index (χ2v) is 10.1. The van der Waals surface area contributed by atoms with E-state index in [-0.39, 0.29) is 5.56 Å². The number of aliphatic hydroxyl groups is 1. The van der Waals surface area contributed by atoms with E-state index in [1.807, 2.05) is 43.3 Å². The first kappa shape index (κ1) is 29.7. The molecule has 0 bridgehead atoms. The average molecular weight is 578 g/mol. The Morgan fingerprint density at radius 3 is 2.46 bits per heavy atom. The molecule has 41 heavy (non-hydrogen) atoms. The number of aromatic nitrogens is 3. The van der Waals surface area contributed by atoms with E-state index in [1.54, 1.807) is 26.2 Å². The Bertz CT molecular complexity index is 1730. The lowest BCUT2D eigenvalue weighted by Gasteiger charge is -2.16. The standard InChI is InChI=1S/C30H32ClN5O5/c1-17(37)14-32-15-19-12-13-25(34-28(19)41-5)22-10-6-9-21(26(22)31)20-8-7-11-24(18(20)2)33-27(38)23-16-35(3)30(40)36(4)29(23)39/h6-13,16-17,32,37H,14-15H2,1-5H3,(H,33,38)/t17-/m0/s1. The van der Waals surface area contributed by atoms with Gasteiger partial charge in [0, 0.05) is 55.8 Å². The second-order valence-electron chi connectivity index (χ2n) is 9.74. The minimum atomic E-state index is -0.678. The van der Waals surface area contributed by atoms with Gasteiger partial charge in [-0.3, -0.25) is 14.2 Å². The molecule has 1 amide bonds. The molecule has 2 heterocycles. The third-order valence-corrected chi connectivity index (χ3v) is 7.13. The van der Waals surface area contributed by atoms with Crippen molar-refractivity contribution < 1.29 is 14.6 Å². The molecule has 11 heteroatoms. The molecule has 214 valence electrons. The molecule has 0 aliphatic rings. The van der Waals surface area contributed by atoms with Gasteiger partial charge in [-0.2, -0.15) is 0 Å². The quantitative estimate of drug-likeness (QED) is 0.278. The monoisotopic (exact) mass is 577 g/mol. The minimum Gasteiger partial charge on any atom is -0.481 e. The molecular weight excluding hydrogens is 546 g/mol. The van der Waals surface area contributed by atoms with Crippen molar-refractivity contribution >= 4 is 23.2 Å². The van der Waals surface area contributed by atoms with E-state index in [2.05, 4.69) is 15.6 Å². The topological polar surface area (TPSA) is 127 Å². The highest BCUT2D eigenvalue weighted by Gasteiger charge is 2.19. The third kappa shape index (κ3) is 6.25. The first-order valence-electron chi connectivity index (χ1n) is 12.9. The largest absolute Gasteiger partial charge is 0.481 e. The number of nitrogens with one attached hydrogen (secondary N) is 2. The van der Waals surface area contributed by atoms with Gasteiger partial charge in [0.15, 0.2) is 0 Å². The van der Waals surface area contributed by atoms with Crippen LogP contribution in [0.4, 0.5) is 5.69 Å². The summed E-state index contributed by atoms with van der Waals surface area (Å²) in [5.74, 6) is -0.173. The predicted octanol–water partition coefficient (Wildman–Crippen LogP) is 3.51. The van der Waals surface area contributed by atoms with Gasteiger partial charge in [0.2, 0.25) is 5.88 Å². The number of ether oxygens (including phenoxy) is 1. The number of rotatable bonds is 9. The number of benzene rings is 2. The number of methoxy groups -OCH3 is 1. The van der Waals surface area contributed by atoms with Crippen LogP contribution in [0.5, 0.6) is 5.88 Å². The summed E-state index contributed by atoms with van der Waals surface area (Å²) in [5, 5.41) is 15.9. The zero-order valence-electron chi connectivity index (χ0n) is 23.5. The third-order valence-electron chi connectivity index (χ3n) is 6.73. The number of hydrogen-bond donors (Lipinski definition) is 3. The molecule has 0 saturated carbocycles. The fourth-order valence-corrected chi connectivity index (χ4v) is 4.83. The molecular formula is C30H32ClN5O5. The minimum absolute atomic E-state index is 0.149. The summed E-state index contributed by atoms with van der Waals surface area (Å²) in [7, 11) is 4.36. The molecule has 1 atom stereocenters. The number of aliphatic hydroxyl groups excluding tert-OH is 1. The Kier molecular flexibility index (Phi) is 9.07. The van der Waals surface area contributed by atoms with E-state index < -0.39 is 23.3 Å². The van der Waals surface area contributed by atoms with Crippen molar-refractivity contribution in [2.45, 2.75) is 26.5 Å². The highest BCUT2D eigenvalue weighted by atomic mass is 35.5. The van der Waals surface area contributed by atoms with Crippen LogP contribution < -0.4 is 26.6 Å². The van der Waals surface area contributed by atoms with Crippen LogP contribution in [0.15, 0.2) is 64.3 Å². The number of hydrogen-bond acceptors (Lipinski definition) is 7. The molecule has 0 fully saturated rings. The van der Waals surface area contributed by atoms with Crippen LogP contribution in [-0.2, 0) is 20.6 Å². The molecule has 2 aromatic carbocycles. The molecule has 0 radical (unpaired) electrons. The smallest absolute Gasteiger partial charge is 0.330 e. The van der Waals surface area contributed by atoms with Crippen molar-refractivity contribution in [3.05, 3.63) is 97.3 Å². The maximum Gasteiger partial charge on any atom is 0.330 e. The number of anilines is 1. The number of halogens is 1. The van der Waals surface area contributed by atoms with Gasteiger partial charge in [-0.05, 0) is 37.1 Å². The van der Waals surface area contributed by atoms with Gasteiger partial charge >= 0.3 is 5.69 Å². The molecule has 3 N–H and O–H groups in total. The van der Waals surface area contributed by atoms with Crippen molar-refractivity contribution in [1.29, 1.82) is 0 Å². The Hall–Kier alpha value is -4.25. The van der Waals surface area contributed by atoms with Gasteiger partial charge in [0.05, 0.1) is 23.9 Å². The molecule has 0 aliphatic heterocycles. The van der Waals surface area contributed by atoms with E-state index in [1.165, 1.54) is 24.9 Å². The number of aryl methyl sites for hydroxylation is 1. The summed E-state index contributed by atoms with van der Waals surface area (Å²) in [4.78, 5) is 42.3. The summed E-state index contributed by atoms with van der Waals surface area (Å²) in [6.07, 6.45) is 0.765. The molecule has 10 nitrogen and oxygen atoms in total. The van der Waals surface area contributed by atoms with Gasteiger partial charge in [-0.1, -0.05) is 48.0 Å². The Balaban J connectivity index is 1.67. The van der Waals surface area contributed by atoms with Crippen LogP contribution in [0.25, 0.3) is 22.4 Å². The Morgan fingerprint density at radius 2 is 1.76 bits per heavy atom. The van der Waals surface area contributed by atoms with Gasteiger partial charge < -0.3 is 25.0 Å². The Labute approximate surface area is 242 Å². The molecule has 0 aliphatic carbocycles. The fraction of sp³-hybridized carbons (Fsp3) is 0.267. The lowest BCUT2D eigenvalue weighted by Crippen LogP contribution is -2.40. The van der Waals surface area contributed by atoms with Gasteiger partial charge in [0.1, 0.15) is 5.56 Å². The number of pyridine rings is 1. The number of carbonyl (C=O) groups excluding carboxylic acids is 1. The fourth-order valence-electron chi connectivity index (χ4n) is 4.50. The SMILES string of the molecule is COc1nc(-c2cccc(-c3cccc(NC(=O)c4cn(C)c(=O)n(C)c4=O)c3C)c2Cl)ccc1CNC[C@H](C)O. The maximum atomic E-state index is 13.0. The Morgan fingerprint density at radius 1 is 1.07 bits per heavy atom. The summed E-state index contributed by atoms with van der Waals surface area (Å²) in [6.45, 7) is 4.49. The molecule has 0 spiro atoms. The average Bonchev–Trinajstić information content (AvgIpc) is 2.95. The molecule has 0 saturated heterocycles.